The van der Waals surface area contributed by atoms with E-state index in [1.807, 2.05) is 0 Å². The van der Waals surface area contributed by atoms with Crippen LogP contribution in [-0.4, -0.2) is 43.0 Å². The Balaban J connectivity index is 2.23. The van der Waals surface area contributed by atoms with Crippen molar-refractivity contribution in [1.82, 2.24) is 0 Å². The molecule has 1 aliphatic heterocycles. The van der Waals surface area contributed by atoms with Gasteiger partial charge in [-0.15, -0.1) is 0 Å². The lowest BCUT2D eigenvalue weighted by Crippen LogP contribution is -2.16. The minimum absolute atomic E-state index is 0.00655. The molecule has 0 fully saturated rings. The molecule has 0 saturated carbocycles. The summed E-state index contributed by atoms with van der Waals surface area (Å²) < 4.78 is 57.7. The van der Waals surface area contributed by atoms with Gasteiger partial charge < -0.3 is 9.47 Å². The normalized spacial score (nSPS) is 19.2. The summed E-state index contributed by atoms with van der Waals surface area (Å²) in [5.41, 5.74) is 0.148. The number of carbonyl (C=O) groups excluding carboxylic acids is 1. The second-order valence-electron chi connectivity index (χ2n) is 5.96. The van der Waals surface area contributed by atoms with Crippen molar-refractivity contribution < 1.29 is 31.8 Å². The van der Waals surface area contributed by atoms with Gasteiger partial charge in [0.25, 0.3) is 0 Å². The first-order valence-electron chi connectivity index (χ1n) is 8.17. The van der Waals surface area contributed by atoms with Gasteiger partial charge >= 0.3 is 5.97 Å². The summed E-state index contributed by atoms with van der Waals surface area (Å²) in [7, 11) is -5.99. The molecule has 0 aromatic heterocycles. The van der Waals surface area contributed by atoms with Gasteiger partial charge in [-0.25, -0.2) is 13.2 Å². The Labute approximate surface area is 159 Å². The summed E-state index contributed by atoms with van der Waals surface area (Å²) in [6.45, 7) is 1.79. The molecule has 0 bridgehead atoms. The average Bonchev–Trinajstić information content (AvgIpc) is 2.94. The van der Waals surface area contributed by atoms with Gasteiger partial charge in [0, 0.05) is 5.56 Å². The molecule has 1 aliphatic rings. The first kappa shape index (κ1) is 19.7. The molecular weight excluding hydrogens is 392 g/mol. The van der Waals surface area contributed by atoms with Crippen molar-refractivity contribution in [3.8, 4) is 5.75 Å². The second-order valence-corrected chi connectivity index (χ2v) is 10.2. The fraction of sp³-hybridized carbons (Fsp3) is 0.278. The Morgan fingerprint density at radius 3 is 2.44 bits per heavy atom. The zero-order chi connectivity index (χ0) is 19.8. The number of methoxy groups -OCH3 is 1. The number of hydrogen-bond acceptors (Lipinski definition) is 7. The van der Waals surface area contributed by atoms with Gasteiger partial charge in [-0.05, 0) is 31.2 Å². The number of fused-ring (bicyclic) bond motifs is 1. The molecule has 0 saturated heterocycles. The van der Waals surface area contributed by atoms with Gasteiger partial charge in [0.2, 0.25) is 0 Å². The summed E-state index contributed by atoms with van der Waals surface area (Å²) in [5, 5.41) is -1.25. The molecule has 146 valence electrons. The third-order valence-electron chi connectivity index (χ3n) is 4.36. The van der Waals surface area contributed by atoms with E-state index in [0.717, 1.165) is 0 Å². The number of carbonyl (C=O) groups is 1. The number of esters is 1. The summed E-state index contributed by atoms with van der Waals surface area (Å²) in [4.78, 5) is 12.4. The van der Waals surface area contributed by atoms with Gasteiger partial charge in [0.15, 0.2) is 9.84 Å². The van der Waals surface area contributed by atoms with Crippen LogP contribution in [0.1, 0.15) is 28.1 Å². The van der Waals surface area contributed by atoms with Crippen molar-refractivity contribution in [2.24, 2.45) is 0 Å². The molecule has 0 radical (unpaired) electrons. The largest absolute Gasteiger partial charge is 0.495 e. The second kappa shape index (κ2) is 7.16. The van der Waals surface area contributed by atoms with Gasteiger partial charge in [-0.2, -0.15) is 10.6 Å². The molecule has 2 aromatic rings. The van der Waals surface area contributed by atoms with Gasteiger partial charge in [-0.1, -0.05) is 18.2 Å². The highest BCUT2D eigenvalue weighted by Crippen LogP contribution is 2.63. The molecule has 2 aromatic carbocycles. The number of sulfone groups is 1. The van der Waals surface area contributed by atoms with Crippen LogP contribution >= 0.6 is 10.6 Å². The van der Waals surface area contributed by atoms with E-state index < -0.39 is 31.6 Å². The van der Waals surface area contributed by atoms with Crippen molar-refractivity contribution in [3.63, 3.8) is 0 Å². The summed E-state index contributed by atoms with van der Waals surface area (Å²) >= 11 is 0. The van der Waals surface area contributed by atoms with Crippen molar-refractivity contribution in [2.45, 2.75) is 22.0 Å². The predicted molar refractivity (Wildman–Crippen MR) is 101 cm³/mol. The van der Waals surface area contributed by atoms with E-state index in [0.29, 0.717) is 0 Å². The molecule has 0 spiro atoms. The maximum Gasteiger partial charge on any atom is 0.341 e. The van der Waals surface area contributed by atoms with Crippen LogP contribution in [0.4, 0.5) is 0 Å². The number of benzene rings is 2. The Hall–Kier alpha value is -2.07. The molecule has 0 aliphatic carbocycles. The lowest BCUT2D eigenvalue weighted by atomic mass is 10.1. The van der Waals surface area contributed by atoms with E-state index in [-0.39, 0.29) is 39.0 Å². The van der Waals surface area contributed by atoms with Gasteiger partial charge in [-0.3, -0.25) is 9.11 Å². The Bertz CT molecular complexity index is 969. The molecule has 27 heavy (non-hydrogen) atoms. The molecular formula is C18H20O7S2. The van der Waals surface area contributed by atoms with Crippen LogP contribution in [0.5, 0.6) is 5.75 Å². The van der Waals surface area contributed by atoms with E-state index >= 15 is 0 Å². The van der Waals surface area contributed by atoms with Crippen LogP contribution in [0.15, 0.2) is 52.3 Å². The lowest BCUT2D eigenvalue weighted by molar-refractivity contribution is 0.0522. The van der Waals surface area contributed by atoms with Crippen LogP contribution in [0.2, 0.25) is 0 Å². The SMILES string of the molecule is CCOC(=O)c1ccc2c(c1OC)C(S(=O)(=O)c1ccccc1)CS2(O)O. The smallest absolute Gasteiger partial charge is 0.341 e. The first-order valence-corrected chi connectivity index (χ1v) is 11.4. The molecule has 9 heteroatoms. The van der Waals surface area contributed by atoms with Crippen LogP contribution in [0.25, 0.3) is 0 Å². The van der Waals surface area contributed by atoms with Crippen LogP contribution in [0.3, 0.4) is 0 Å². The third kappa shape index (κ3) is 3.31. The van der Waals surface area contributed by atoms with Crippen molar-refractivity contribution in [1.29, 1.82) is 0 Å². The number of ether oxygens (including phenoxy) is 2. The lowest BCUT2D eigenvalue weighted by Gasteiger charge is -2.27. The van der Waals surface area contributed by atoms with Gasteiger partial charge in [0.1, 0.15) is 16.6 Å². The topological polar surface area (TPSA) is 110 Å². The quantitative estimate of drug-likeness (QED) is 0.723. The first-order chi connectivity index (χ1) is 12.7. The summed E-state index contributed by atoms with van der Waals surface area (Å²) in [6.07, 6.45) is 0. The molecule has 0 amide bonds. The van der Waals surface area contributed by atoms with E-state index in [4.69, 9.17) is 9.47 Å². The Kier molecular flexibility index (Phi) is 5.22. The maximum absolute atomic E-state index is 13.2. The standard InChI is InChI=1S/C18H20O7S2/c1-3-25-18(19)13-9-10-14-16(17(13)24-2)15(11-26(14,20)21)27(22,23)12-7-5-4-6-8-12/h4-10,15,20-21H,3,11H2,1-2H3. The van der Waals surface area contributed by atoms with E-state index in [1.54, 1.807) is 25.1 Å². The third-order valence-corrected chi connectivity index (χ3v) is 8.51. The molecule has 2 N–H and O–H groups in total. The maximum atomic E-state index is 13.2. The van der Waals surface area contributed by atoms with Gasteiger partial charge in [0.05, 0.1) is 29.3 Å². The molecule has 1 atom stereocenters. The van der Waals surface area contributed by atoms with E-state index in [9.17, 15) is 22.3 Å². The zero-order valence-corrected chi connectivity index (χ0v) is 16.4. The Morgan fingerprint density at radius 1 is 1.19 bits per heavy atom. The minimum atomic E-state index is -3.94. The highest BCUT2D eigenvalue weighted by molar-refractivity contribution is 8.25. The molecule has 1 heterocycles. The van der Waals surface area contributed by atoms with Crippen LogP contribution in [0, 0.1) is 0 Å². The fourth-order valence-electron chi connectivity index (χ4n) is 3.16. The average molecular weight is 412 g/mol. The van der Waals surface area contributed by atoms with E-state index in [1.165, 1.54) is 31.4 Å². The zero-order valence-electron chi connectivity index (χ0n) is 14.8. The van der Waals surface area contributed by atoms with Crippen LogP contribution in [-0.2, 0) is 14.6 Å². The van der Waals surface area contributed by atoms with E-state index in [2.05, 4.69) is 0 Å². The van der Waals surface area contributed by atoms with Crippen LogP contribution < -0.4 is 4.74 Å². The summed E-state index contributed by atoms with van der Waals surface area (Å²) in [5.74, 6) is -1.06. The summed E-state index contributed by atoms with van der Waals surface area (Å²) in [6, 6.07) is 10.5. The Morgan fingerprint density at radius 2 is 1.85 bits per heavy atom. The highest BCUT2D eigenvalue weighted by atomic mass is 32.3. The number of hydrogen-bond donors (Lipinski definition) is 2. The van der Waals surface area contributed by atoms with Crippen molar-refractivity contribution >= 4 is 26.4 Å². The highest BCUT2D eigenvalue weighted by Gasteiger charge is 2.46. The van der Waals surface area contributed by atoms with Crippen molar-refractivity contribution in [2.75, 3.05) is 19.5 Å². The fourth-order valence-corrected chi connectivity index (χ4v) is 7.58. The molecule has 3 rings (SSSR count). The monoisotopic (exact) mass is 412 g/mol. The molecule has 7 nitrogen and oxygen atoms in total. The number of rotatable bonds is 5. The predicted octanol–water partition coefficient (Wildman–Crippen LogP) is 3.51. The van der Waals surface area contributed by atoms with Crippen molar-refractivity contribution in [3.05, 3.63) is 53.6 Å². The minimum Gasteiger partial charge on any atom is -0.495 e. The molecule has 1 unspecified atom stereocenters.